The number of aliphatic hydroxyl groups is 1. The molecule has 0 aliphatic carbocycles. The van der Waals surface area contributed by atoms with Gasteiger partial charge in [0.1, 0.15) is 11.9 Å². The standard InChI is InChI=1S/C18H18N4O7S/c1-18(11-23,17(24)29-2)20-15-13-8-9-21(16(13)19-10-14(15)22(25)26)30(27,28)12-6-4-3-5-7-12/h3-10,23H,11H2,1-2H3,(H,19,20)/t18-/m0/s1/i2D. The monoisotopic (exact) mass is 435 g/mol. The summed E-state index contributed by atoms with van der Waals surface area (Å²) in [5, 5.41) is 23.9. The number of ether oxygens (including phenoxy) is 1. The number of nitrogens with one attached hydrogen (secondary N) is 1. The number of carbonyl (C=O) groups excluding carboxylic acids is 1. The third-order valence-corrected chi connectivity index (χ3v) is 6.14. The zero-order chi connectivity index (χ0) is 22.8. The van der Waals surface area contributed by atoms with Crippen molar-refractivity contribution in [2.75, 3.05) is 19.0 Å². The molecule has 0 bridgehead atoms. The summed E-state index contributed by atoms with van der Waals surface area (Å²) >= 11 is 0. The van der Waals surface area contributed by atoms with Gasteiger partial charge in [-0.15, -0.1) is 0 Å². The maximum absolute atomic E-state index is 13.0. The fraction of sp³-hybridized carbons (Fsp3) is 0.222. The second kappa shape index (κ2) is 7.72. The lowest BCUT2D eigenvalue weighted by molar-refractivity contribution is -0.384. The lowest BCUT2D eigenvalue weighted by Gasteiger charge is -2.26. The Morgan fingerprint density at radius 1 is 1.40 bits per heavy atom. The van der Waals surface area contributed by atoms with Crippen LogP contribution in [0.2, 0.25) is 0 Å². The average Bonchev–Trinajstić information content (AvgIpc) is 3.20. The molecule has 0 unspecified atom stereocenters. The van der Waals surface area contributed by atoms with Crippen LogP contribution >= 0.6 is 0 Å². The number of nitro groups is 1. The molecule has 0 saturated carbocycles. The van der Waals surface area contributed by atoms with E-state index in [2.05, 4.69) is 15.0 Å². The third kappa shape index (κ3) is 3.46. The predicted octanol–water partition coefficient (Wildman–Crippen LogP) is 1.52. The maximum atomic E-state index is 13.0. The third-order valence-electron chi connectivity index (χ3n) is 4.46. The second-order valence-corrected chi connectivity index (χ2v) is 8.30. The van der Waals surface area contributed by atoms with Crippen molar-refractivity contribution in [2.45, 2.75) is 17.4 Å². The molecule has 12 heteroatoms. The molecule has 0 fully saturated rings. The van der Waals surface area contributed by atoms with Gasteiger partial charge in [-0.3, -0.25) is 10.1 Å². The molecule has 2 heterocycles. The van der Waals surface area contributed by atoms with E-state index in [1.54, 1.807) is 18.2 Å². The first kappa shape index (κ1) is 19.8. The number of nitrogens with zero attached hydrogens (tertiary/aromatic N) is 3. The molecule has 1 atom stereocenters. The summed E-state index contributed by atoms with van der Waals surface area (Å²) in [5.74, 6) is -1.01. The molecule has 0 amide bonds. The van der Waals surface area contributed by atoms with Gasteiger partial charge in [0.2, 0.25) is 0 Å². The molecule has 0 aliphatic rings. The quantitative estimate of drug-likeness (QED) is 0.319. The predicted molar refractivity (Wildman–Crippen MR) is 107 cm³/mol. The molecule has 3 rings (SSSR count). The van der Waals surface area contributed by atoms with Gasteiger partial charge < -0.3 is 15.2 Å². The van der Waals surface area contributed by atoms with E-state index in [9.17, 15) is 28.4 Å². The number of aromatic nitrogens is 2. The number of carbonyl (C=O) groups is 1. The van der Waals surface area contributed by atoms with Crippen molar-refractivity contribution >= 4 is 38.4 Å². The highest BCUT2D eigenvalue weighted by Gasteiger charge is 2.37. The first-order valence-electron chi connectivity index (χ1n) is 9.17. The van der Waals surface area contributed by atoms with E-state index in [0.717, 1.165) is 10.2 Å². The van der Waals surface area contributed by atoms with Crippen LogP contribution in [-0.4, -0.2) is 52.6 Å². The summed E-state index contributed by atoms with van der Waals surface area (Å²) in [6.07, 6.45) is 2.04. The molecule has 2 aromatic heterocycles. The van der Waals surface area contributed by atoms with Crippen molar-refractivity contribution in [1.29, 1.82) is 0 Å². The fourth-order valence-electron chi connectivity index (χ4n) is 2.81. The van der Waals surface area contributed by atoms with Gasteiger partial charge in [0, 0.05) is 6.20 Å². The summed E-state index contributed by atoms with van der Waals surface area (Å²) in [4.78, 5) is 26.9. The number of hydrogen-bond donors (Lipinski definition) is 2. The van der Waals surface area contributed by atoms with Crippen LogP contribution in [-0.2, 0) is 19.6 Å². The molecule has 2 N–H and O–H groups in total. The summed E-state index contributed by atoms with van der Waals surface area (Å²) in [5.41, 5.74) is -2.72. The molecular weight excluding hydrogens is 416 g/mol. The van der Waals surface area contributed by atoms with Gasteiger partial charge in [-0.1, -0.05) is 18.2 Å². The highest BCUT2D eigenvalue weighted by atomic mass is 32.2. The van der Waals surface area contributed by atoms with Crippen molar-refractivity contribution in [3.05, 3.63) is 58.9 Å². The first-order valence-corrected chi connectivity index (χ1v) is 9.90. The normalized spacial score (nSPS) is 14.0. The van der Waals surface area contributed by atoms with Gasteiger partial charge in [-0.2, -0.15) is 0 Å². The van der Waals surface area contributed by atoms with Gasteiger partial charge in [-0.25, -0.2) is 22.2 Å². The van der Waals surface area contributed by atoms with Crippen LogP contribution in [0.4, 0.5) is 11.4 Å². The Balaban J connectivity index is 2.21. The molecule has 3 aromatic rings. The maximum Gasteiger partial charge on any atom is 0.333 e. The second-order valence-electron chi connectivity index (χ2n) is 6.49. The zero-order valence-electron chi connectivity index (χ0n) is 16.7. The molecule has 158 valence electrons. The van der Waals surface area contributed by atoms with Crippen LogP contribution in [0.3, 0.4) is 0 Å². The molecular formula is C18H18N4O7S. The van der Waals surface area contributed by atoms with Crippen molar-refractivity contribution in [3.8, 4) is 0 Å². The minimum Gasteiger partial charge on any atom is -0.467 e. The van der Waals surface area contributed by atoms with Crippen molar-refractivity contribution in [2.24, 2.45) is 0 Å². The van der Waals surface area contributed by atoms with Crippen molar-refractivity contribution in [3.63, 3.8) is 0 Å². The average molecular weight is 435 g/mol. The van der Waals surface area contributed by atoms with Crippen LogP contribution in [0.5, 0.6) is 0 Å². The Bertz CT molecular complexity index is 1250. The Morgan fingerprint density at radius 2 is 2.10 bits per heavy atom. The minimum atomic E-state index is -4.06. The Kier molecular flexibility index (Phi) is 5.10. The molecule has 1 aromatic carbocycles. The summed E-state index contributed by atoms with van der Waals surface area (Å²) in [6, 6.07) is 8.84. The van der Waals surface area contributed by atoms with Crippen LogP contribution in [0.1, 0.15) is 8.29 Å². The number of methoxy groups -OCH3 is 1. The summed E-state index contributed by atoms with van der Waals surface area (Å²) in [6.45, 7) is 0.425. The van der Waals surface area contributed by atoms with E-state index in [1.807, 2.05) is 0 Å². The number of rotatable bonds is 7. The Hall–Kier alpha value is -3.51. The smallest absolute Gasteiger partial charge is 0.333 e. The SMILES string of the molecule is [2H]COC(=O)[C@](C)(CO)Nc1c([N+](=O)[O-])cnc2c1ccn2S(=O)(=O)c1ccccc1. The topological polar surface area (TPSA) is 154 Å². The van der Waals surface area contributed by atoms with E-state index < -0.39 is 45.8 Å². The van der Waals surface area contributed by atoms with E-state index >= 15 is 0 Å². The van der Waals surface area contributed by atoms with Gasteiger partial charge in [0.05, 0.1) is 30.3 Å². The number of anilines is 1. The largest absolute Gasteiger partial charge is 0.467 e. The van der Waals surface area contributed by atoms with E-state index in [1.165, 1.54) is 31.3 Å². The first-order chi connectivity index (χ1) is 14.7. The zero-order valence-corrected chi connectivity index (χ0v) is 16.5. The lowest BCUT2D eigenvalue weighted by atomic mass is 10.0. The van der Waals surface area contributed by atoms with Gasteiger partial charge in [0.25, 0.3) is 10.0 Å². The Labute approximate surface area is 172 Å². The minimum absolute atomic E-state index is 0.0126. The van der Waals surface area contributed by atoms with Crippen molar-refractivity contribution < 1.29 is 29.3 Å². The number of fused-ring (bicyclic) bond motifs is 1. The molecule has 0 radical (unpaired) electrons. The number of benzene rings is 1. The van der Waals surface area contributed by atoms with E-state index in [-0.39, 0.29) is 21.6 Å². The lowest BCUT2D eigenvalue weighted by Crippen LogP contribution is -2.47. The summed E-state index contributed by atoms with van der Waals surface area (Å²) < 4.78 is 38.5. The molecule has 11 nitrogen and oxygen atoms in total. The number of aliphatic hydroxyl groups excluding tert-OH is 1. The van der Waals surface area contributed by atoms with Crippen LogP contribution in [0, 0.1) is 10.1 Å². The molecule has 0 aliphatic heterocycles. The molecule has 30 heavy (non-hydrogen) atoms. The summed E-state index contributed by atoms with van der Waals surface area (Å²) in [7, 11) is -4.77. The molecule has 0 saturated heterocycles. The number of pyridine rings is 1. The fourth-order valence-corrected chi connectivity index (χ4v) is 4.13. The molecule has 0 spiro atoms. The van der Waals surface area contributed by atoms with Gasteiger partial charge in [0.15, 0.2) is 11.2 Å². The number of hydrogen-bond acceptors (Lipinski definition) is 9. The van der Waals surface area contributed by atoms with E-state index in [0.29, 0.717) is 0 Å². The van der Waals surface area contributed by atoms with Crippen molar-refractivity contribution in [1.82, 2.24) is 8.96 Å². The van der Waals surface area contributed by atoms with Crippen LogP contribution < -0.4 is 5.32 Å². The van der Waals surface area contributed by atoms with Gasteiger partial charge in [-0.05, 0) is 25.1 Å². The van der Waals surface area contributed by atoms with E-state index in [4.69, 9.17) is 1.37 Å². The number of esters is 1. The van der Waals surface area contributed by atoms with Crippen LogP contribution in [0.25, 0.3) is 11.0 Å². The highest BCUT2D eigenvalue weighted by Crippen LogP contribution is 2.35. The highest BCUT2D eigenvalue weighted by molar-refractivity contribution is 7.90. The van der Waals surface area contributed by atoms with Crippen LogP contribution in [0.15, 0.2) is 53.7 Å². The Morgan fingerprint density at radius 3 is 2.70 bits per heavy atom. The van der Waals surface area contributed by atoms with Gasteiger partial charge >= 0.3 is 11.7 Å².